The lowest BCUT2D eigenvalue weighted by atomic mass is 10.1. The summed E-state index contributed by atoms with van der Waals surface area (Å²) in [4.78, 5) is 0. The van der Waals surface area contributed by atoms with E-state index >= 15 is 0 Å². The molecule has 0 amide bonds. The minimum absolute atomic E-state index is 0.255. The van der Waals surface area contributed by atoms with Gasteiger partial charge in [0.25, 0.3) is 0 Å². The first kappa shape index (κ1) is 15.6. The molecule has 0 fully saturated rings. The molecule has 0 heterocycles. The predicted molar refractivity (Wildman–Crippen MR) is 89.1 cm³/mol. The van der Waals surface area contributed by atoms with Crippen LogP contribution in [0.15, 0.2) is 41.4 Å². The first-order chi connectivity index (χ1) is 9.97. The second-order valence-corrected chi connectivity index (χ2v) is 5.79. The van der Waals surface area contributed by atoms with Crippen molar-refractivity contribution in [2.24, 2.45) is 0 Å². The van der Waals surface area contributed by atoms with E-state index < -0.39 is 0 Å². The standard InChI is InChI=1S/C18H19ClFN/c1-12-5-4-6-13(2)18(12)21-11-15-7-8-17(20)10-16(15)9-14(3)19/h4-10,21H,11H2,1-3H3/b14-9-. The fourth-order valence-corrected chi connectivity index (χ4v) is 2.47. The van der Waals surface area contributed by atoms with Gasteiger partial charge in [-0.15, -0.1) is 0 Å². The van der Waals surface area contributed by atoms with Crippen LogP contribution < -0.4 is 5.32 Å². The van der Waals surface area contributed by atoms with Crippen LogP contribution in [0, 0.1) is 19.7 Å². The molecule has 0 radical (unpaired) electrons. The van der Waals surface area contributed by atoms with Crippen molar-refractivity contribution in [3.05, 3.63) is 69.5 Å². The minimum atomic E-state index is -0.255. The number of aryl methyl sites for hydroxylation is 2. The van der Waals surface area contributed by atoms with Crippen LogP contribution in [0.25, 0.3) is 6.08 Å². The molecule has 3 heteroatoms. The highest BCUT2D eigenvalue weighted by Gasteiger charge is 2.05. The van der Waals surface area contributed by atoms with Gasteiger partial charge in [-0.3, -0.25) is 0 Å². The molecule has 1 nitrogen and oxygen atoms in total. The monoisotopic (exact) mass is 303 g/mol. The van der Waals surface area contributed by atoms with Gasteiger partial charge >= 0.3 is 0 Å². The highest BCUT2D eigenvalue weighted by molar-refractivity contribution is 6.31. The average molecular weight is 304 g/mol. The number of para-hydroxylation sites is 1. The Hall–Kier alpha value is -1.80. The lowest BCUT2D eigenvalue weighted by Crippen LogP contribution is -2.04. The fourth-order valence-electron chi connectivity index (χ4n) is 2.35. The van der Waals surface area contributed by atoms with Crippen molar-refractivity contribution in [1.29, 1.82) is 0 Å². The summed E-state index contributed by atoms with van der Waals surface area (Å²) < 4.78 is 13.4. The van der Waals surface area contributed by atoms with E-state index in [0.717, 1.165) is 16.8 Å². The normalized spacial score (nSPS) is 11.6. The second-order valence-electron chi connectivity index (χ2n) is 5.19. The van der Waals surface area contributed by atoms with E-state index in [1.807, 2.05) is 6.07 Å². The Kier molecular flexibility index (Phi) is 5.03. The quantitative estimate of drug-likeness (QED) is 0.769. The van der Waals surface area contributed by atoms with Gasteiger partial charge in [-0.25, -0.2) is 4.39 Å². The molecule has 0 saturated carbocycles. The van der Waals surface area contributed by atoms with Gasteiger partial charge < -0.3 is 5.32 Å². The zero-order valence-corrected chi connectivity index (χ0v) is 13.3. The summed E-state index contributed by atoms with van der Waals surface area (Å²) in [5.74, 6) is -0.255. The van der Waals surface area contributed by atoms with Crippen LogP contribution in [0.5, 0.6) is 0 Å². The zero-order valence-electron chi connectivity index (χ0n) is 12.5. The van der Waals surface area contributed by atoms with Crippen molar-refractivity contribution < 1.29 is 4.39 Å². The van der Waals surface area contributed by atoms with Gasteiger partial charge in [0, 0.05) is 17.3 Å². The number of rotatable bonds is 4. The number of hydrogen-bond donors (Lipinski definition) is 1. The Labute approximate surface area is 130 Å². The van der Waals surface area contributed by atoms with Crippen molar-refractivity contribution in [3.8, 4) is 0 Å². The van der Waals surface area contributed by atoms with Crippen molar-refractivity contribution in [2.75, 3.05) is 5.32 Å². The molecule has 2 aromatic carbocycles. The molecular weight excluding hydrogens is 285 g/mol. The van der Waals surface area contributed by atoms with Gasteiger partial charge in [0.05, 0.1) is 0 Å². The first-order valence-electron chi connectivity index (χ1n) is 6.89. The Balaban J connectivity index is 2.26. The van der Waals surface area contributed by atoms with Crippen LogP contribution in [0.3, 0.4) is 0 Å². The van der Waals surface area contributed by atoms with Gasteiger partial charge in [0.1, 0.15) is 5.82 Å². The van der Waals surface area contributed by atoms with Crippen LogP contribution in [0.2, 0.25) is 0 Å². The molecule has 0 aromatic heterocycles. The predicted octanol–water partition coefficient (Wildman–Crippen LogP) is 5.65. The topological polar surface area (TPSA) is 12.0 Å². The van der Waals surface area contributed by atoms with Gasteiger partial charge in [-0.1, -0.05) is 35.9 Å². The Morgan fingerprint density at radius 1 is 1.19 bits per heavy atom. The van der Waals surface area contributed by atoms with Gasteiger partial charge in [-0.2, -0.15) is 0 Å². The third-order valence-electron chi connectivity index (χ3n) is 3.40. The Bertz CT molecular complexity index is 653. The maximum atomic E-state index is 13.4. The fraction of sp³-hybridized carbons (Fsp3) is 0.222. The third-order valence-corrected chi connectivity index (χ3v) is 3.51. The summed E-state index contributed by atoms with van der Waals surface area (Å²) in [5, 5.41) is 4.07. The number of nitrogens with one attached hydrogen (secondary N) is 1. The third kappa shape index (κ3) is 4.08. The summed E-state index contributed by atoms with van der Waals surface area (Å²) >= 11 is 5.92. The van der Waals surface area contributed by atoms with Crippen molar-refractivity contribution in [3.63, 3.8) is 0 Å². The molecule has 0 aliphatic carbocycles. The number of benzene rings is 2. The molecule has 0 spiro atoms. The van der Waals surface area contributed by atoms with Gasteiger partial charge in [-0.05, 0) is 61.2 Å². The van der Waals surface area contributed by atoms with Crippen LogP contribution >= 0.6 is 11.6 Å². The molecule has 0 aliphatic rings. The van der Waals surface area contributed by atoms with Crippen molar-refractivity contribution in [2.45, 2.75) is 27.3 Å². The summed E-state index contributed by atoms with van der Waals surface area (Å²) in [6.45, 7) is 6.56. The highest BCUT2D eigenvalue weighted by Crippen LogP contribution is 2.22. The maximum Gasteiger partial charge on any atom is 0.123 e. The lowest BCUT2D eigenvalue weighted by molar-refractivity contribution is 0.626. The summed E-state index contributed by atoms with van der Waals surface area (Å²) in [6.07, 6.45) is 1.78. The van der Waals surface area contributed by atoms with Crippen LogP contribution in [-0.4, -0.2) is 0 Å². The molecule has 0 aliphatic heterocycles. The van der Waals surface area contributed by atoms with Gasteiger partial charge in [0.2, 0.25) is 0 Å². The summed E-state index contributed by atoms with van der Waals surface area (Å²) in [7, 11) is 0. The molecule has 2 rings (SSSR count). The molecule has 1 N–H and O–H groups in total. The van der Waals surface area contributed by atoms with E-state index in [0.29, 0.717) is 11.6 Å². The van der Waals surface area contributed by atoms with E-state index in [9.17, 15) is 4.39 Å². The molecular formula is C18H19ClFN. The van der Waals surface area contributed by atoms with E-state index in [4.69, 9.17) is 11.6 Å². The van der Waals surface area contributed by atoms with Gasteiger partial charge in [0.15, 0.2) is 0 Å². The Morgan fingerprint density at radius 2 is 1.86 bits per heavy atom. The first-order valence-corrected chi connectivity index (χ1v) is 7.27. The summed E-state index contributed by atoms with van der Waals surface area (Å²) in [6, 6.07) is 11.0. The minimum Gasteiger partial charge on any atom is -0.381 e. The van der Waals surface area contributed by atoms with Crippen molar-refractivity contribution in [1.82, 2.24) is 0 Å². The van der Waals surface area contributed by atoms with Crippen LogP contribution in [0.4, 0.5) is 10.1 Å². The van der Waals surface area contributed by atoms with E-state index in [1.54, 1.807) is 19.1 Å². The van der Waals surface area contributed by atoms with Crippen molar-refractivity contribution >= 4 is 23.4 Å². The molecule has 0 unspecified atom stereocenters. The SMILES string of the molecule is C/C(Cl)=C/c1cc(F)ccc1CNc1c(C)cccc1C. The second kappa shape index (κ2) is 6.77. The smallest absolute Gasteiger partial charge is 0.123 e. The van der Waals surface area contributed by atoms with Crippen LogP contribution in [-0.2, 0) is 6.54 Å². The van der Waals surface area contributed by atoms with E-state index in [-0.39, 0.29) is 5.82 Å². The molecule has 2 aromatic rings. The molecule has 0 bridgehead atoms. The summed E-state index contributed by atoms with van der Waals surface area (Å²) in [5.41, 5.74) is 5.34. The number of allylic oxidation sites excluding steroid dienone is 1. The maximum absolute atomic E-state index is 13.4. The Morgan fingerprint density at radius 3 is 2.48 bits per heavy atom. The molecule has 0 saturated heterocycles. The largest absolute Gasteiger partial charge is 0.381 e. The lowest BCUT2D eigenvalue weighted by Gasteiger charge is -2.14. The number of halogens is 2. The molecule has 21 heavy (non-hydrogen) atoms. The number of hydrogen-bond acceptors (Lipinski definition) is 1. The average Bonchev–Trinajstić information content (AvgIpc) is 2.39. The van der Waals surface area contributed by atoms with Crippen LogP contribution in [0.1, 0.15) is 29.2 Å². The molecule has 110 valence electrons. The highest BCUT2D eigenvalue weighted by atomic mass is 35.5. The zero-order chi connectivity index (χ0) is 15.4. The number of anilines is 1. The van der Waals surface area contributed by atoms with E-state index in [1.165, 1.54) is 23.3 Å². The molecule has 0 atom stereocenters. The van der Waals surface area contributed by atoms with E-state index in [2.05, 4.69) is 31.3 Å².